The van der Waals surface area contributed by atoms with Gasteiger partial charge in [0.15, 0.2) is 5.96 Å². The summed E-state index contributed by atoms with van der Waals surface area (Å²) in [4.78, 5) is 17.9. The molecule has 0 unspecified atom stereocenters. The molecule has 0 atom stereocenters. The molecule has 1 aliphatic heterocycles. The van der Waals surface area contributed by atoms with Gasteiger partial charge in [0.05, 0.1) is 13.1 Å². The molecule has 0 radical (unpaired) electrons. The third kappa shape index (κ3) is 5.69. The van der Waals surface area contributed by atoms with Gasteiger partial charge in [-0.25, -0.2) is 4.99 Å². The zero-order valence-electron chi connectivity index (χ0n) is 15.9. The summed E-state index contributed by atoms with van der Waals surface area (Å²) in [6.45, 7) is 5.64. The van der Waals surface area contributed by atoms with Crippen molar-refractivity contribution < 1.29 is 4.79 Å². The van der Waals surface area contributed by atoms with E-state index in [0.29, 0.717) is 19.1 Å². The third-order valence-corrected chi connectivity index (χ3v) is 4.89. The maximum absolute atomic E-state index is 11.0. The molecule has 0 spiro atoms. The van der Waals surface area contributed by atoms with E-state index in [0.717, 1.165) is 38.4 Å². The Bertz CT molecular complexity index is 796. The van der Waals surface area contributed by atoms with Crippen molar-refractivity contribution in [3.05, 3.63) is 48.0 Å². The quantitative estimate of drug-likeness (QED) is 0.537. The van der Waals surface area contributed by atoms with Crippen LogP contribution >= 0.6 is 0 Å². The lowest BCUT2D eigenvalue weighted by atomic mass is 10.1. The van der Waals surface area contributed by atoms with E-state index in [1.54, 1.807) is 0 Å². The lowest BCUT2D eigenvalue weighted by Crippen LogP contribution is -2.49. The Hall–Kier alpha value is -2.60. The van der Waals surface area contributed by atoms with Gasteiger partial charge in [-0.2, -0.15) is 0 Å². The van der Waals surface area contributed by atoms with Gasteiger partial charge in [0.25, 0.3) is 0 Å². The number of rotatable bonds is 6. The average molecular weight is 367 g/mol. The van der Waals surface area contributed by atoms with Gasteiger partial charge in [-0.15, -0.1) is 0 Å². The highest BCUT2D eigenvalue weighted by atomic mass is 16.1. The van der Waals surface area contributed by atoms with Crippen LogP contribution in [-0.4, -0.2) is 49.0 Å². The van der Waals surface area contributed by atoms with Crippen LogP contribution in [0.2, 0.25) is 0 Å². The summed E-state index contributed by atoms with van der Waals surface area (Å²) in [6.07, 6.45) is 1.96. The van der Waals surface area contributed by atoms with Crippen LogP contribution in [0, 0.1) is 0 Å². The average Bonchev–Trinajstić information content (AvgIpc) is 2.67. The van der Waals surface area contributed by atoms with Gasteiger partial charge in [0.2, 0.25) is 5.91 Å². The summed E-state index contributed by atoms with van der Waals surface area (Å²) in [7, 11) is 0. The molecule has 3 rings (SSSR count). The number of piperidine rings is 1. The van der Waals surface area contributed by atoms with E-state index < -0.39 is 0 Å². The number of benzene rings is 2. The van der Waals surface area contributed by atoms with Gasteiger partial charge in [0.1, 0.15) is 0 Å². The highest BCUT2D eigenvalue weighted by molar-refractivity contribution is 5.83. The Labute approximate surface area is 160 Å². The van der Waals surface area contributed by atoms with Gasteiger partial charge in [-0.05, 0) is 42.2 Å². The first-order valence-corrected chi connectivity index (χ1v) is 9.67. The fraction of sp³-hybridized carbons (Fsp3) is 0.429. The molecule has 1 saturated heterocycles. The van der Waals surface area contributed by atoms with E-state index in [1.807, 2.05) is 0 Å². The summed E-state index contributed by atoms with van der Waals surface area (Å²) in [5.41, 5.74) is 6.48. The summed E-state index contributed by atoms with van der Waals surface area (Å²) in [5.74, 6) is 0.589. The number of nitrogens with zero attached hydrogens (tertiary/aromatic N) is 2. The molecular weight excluding hydrogens is 338 g/mol. The third-order valence-electron chi connectivity index (χ3n) is 4.89. The molecule has 0 aromatic heterocycles. The molecule has 0 bridgehead atoms. The number of hydrogen-bond acceptors (Lipinski definition) is 3. The molecule has 2 aromatic carbocycles. The second-order valence-electron chi connectivity index (χ2n) is 7.04. The number of aliphatic imine (C=N–C) groups is 1. The number of primary amides is 1. The predicted molar refractivity (Wildman–Crippen MR) is 111 cm³/mol. The standard InChI is InChI=1S/C21H29N5O/c1-2-23-21(25-19-9-11-26(12-10-19)15-20(22)27)24-14-16-7-8-17-5-3-4-6-18(17)13-16/h3-8,13,19H,2,9-12,14-15H2,1H3,(H2,22,27)(H2,23,24,25). The van der Waals surface area contributed by atoms with Crippen LogP contribution in [0.4, 0.5) is 0 Å². The number of nitrogens with two attached hydrogens (primary N) is 1. The lowest BCUT2D eigenvalue weighted by Gasteiger charge is -2.32. The Morgan fingerprint density at radius 1 is 1.19 bits per heavy atom. The zero-order valence-corrected chi connectivity index (χ0v) is 15.9. The Balaban J connectivity index is 1.58. The van der Waals surface area contributed by atoms with Crippen molar-refractivity contribution in [3.8, 4) is 0 Å². The number of fused-ring (bicyclic) bond motifs is 1. The number of likely N-dealkylation sites (tertiary alicyclic amines) is 1. The Morgan fingerprint density at radius 3 is 2.63 bits per heavy atom. The molecule has 27 heavy (non-hydrogen) atoms. The van der Waals surface area contributed by atoms with Crippen LogP contribution in [0.25, 0.3) is 10.8 Å². The highest BCUT2D eigenvalue weighted by Crippen LogP contribution is 2.16. The topological polar surface area (TPSA) is 82.8 Å². The number of amides is 1. The highest BCUT2D eigenvalue weighted by Gasteiger charge is 2.20. The lowest BCUT2D eigenvalue weighted by molar-refractivity contribution is -0.119. The minimum Gasteiger partial charge on any atom is -0.369 e. The van der Waals surface area contributed by atoms with Crippen LogP contribution in [0.1, 0.15) is 25.3 Å². The number of guanidine groups is 1. The fourth-order valence-electron chi connectivity index (χ4n) is 3.48. The summed E-state index contributed by atoms with van der Waals surface area (Å²) in [6, 6.07) is 15.2. The molecule has 6 heteroatoms. The van der Waals surface area contributed by atoms with Gasteiger partial charge >= 0.3 is 0 Å². The molecule has 1 aliphatic rings. The van der Waals surface area contributed by atoms with Crippen LogP contribution in [0.15, 0.2) is 47.5 Å². The molecule has 0 aliphatic carbocycles. The number of carbonyl (C=O) groups excluding carboxylic acids is 1. The molecule has 1 fully saturated rings. The zero-order chi connectivity index (χ0) is 19.1. The van der Waals surface area contributed by atoms with Crippen molar-refractivity contribution in [1.29, 1.82) is 0 Å². The van der Waals surface area contributed by atoms with E-state index in [1.165, 1.54) is 16.3 Å². The van der Waals surface area contributed by atoms with Gasteiger partial charge in [-0.1, -0.05) is 36.4 Å². The normalized spacial score (nSPS) is 16.4. The van der Waals surface area contributed by atoms with E-state index in [-0.39, 0.29) is 5.91 Å². The molecule has 4 N–H and O–H groups in total. The first-order valence-electron chi connectivity index (χ1n) is 9.67. The van der Waals surface area contributed by atoms with Crippen LogP contribution in [-0.2, 0) is 11.3 Å². The van der Waals surface area contributed by atoms with Crippen molar-refractivity contribution in [2.24, 2.45) is 10.7 Å². The largest absolute Gasteiger partial charge is 0.369 e. The van der Waals surface area contributed by atoms with Crippen molar-refractivity contribution in [3.63, 3.8) is 0 Å². The number of nitrogens with one attached hydrogen (secondary N) is 2. The minimum absolute atomic E-state index is 0.258. The van der Waals surface area contributed by atoms with Gasteiger partial charge in [-0.3, -0.25) is 9.69 Å². The SMILES string of the molecule is CCNC(=NCc1ccc2ccccc2c1)NC1CCN(CC(N)=O)CC1. The molecule has 0 saturated carbocycles. The Morgan fingerprint density at radius 2 is 1.93 bits per heavy atom. The number of hydrogen-bond donors (Lipinski definition) is 3. The number of carbonyl (C=O) groups is 1. The molecule has 1 amide bonds. The smallest absolute Gasteiger partial charge is 0.231 e. The second kappa shape index (κ2) is 9.37. The van der Waals surface area contributed by atoms with Crippen molar-refractivity contribution >= 4 is 22.6 Å². The fourth-order valence-corrected chi connectivity index (χ4v) is 3.48. The summed E-state index contributed by atoms with van der Waals surface area (Å²) >= 11 is 0. The second-order valence-corrected chi connectivity index (χ2v) is 7.04. The summed E-state index contributed by atoms with van der Waals surface area (Å²) < 4.78 is 0. The van der Waals surface area contributed by atoms with E-state index in [4.69, 9.17) is 10.7 Å². The minimum atomic E-state index is -0.258. The van der Waals surface area contributed by atoms with Crippen molar-refractivity contribution in [2.75, 3.05) is 26.2 Å². The monoisotopic (exact) mass is 367 g/mol. The first kappa shape index (κ1) is 19.2. The molecule has 144 valence electrons. The molecule has 2 aromatic rings. The van der Waals surface area contributed by atoms with Crippen molar-refractivity contribution in [1.82, 2.24) is 15.5 Å². The summed E-state index contributed by atoms with van der Waals surface area (Å²) in [5, 5.41) is 9.35. The van der Waals surface area contributed by atoms with Crippen LogP contribution in [0.5, 0.6) is 0 Å². The predicted octanol–water partition coefficient (Wildman–Crippen LogP) is 1.84. The van der Waals surface area contributed by atoms with E-state index in [9.17, 15) is 4.79 Å². The molecular formula is C21H29N5O. The first-order chi connectivity index (χ1) is 13.1. The van der Waals surface area contributed by atoms with E-state index >= 15 is 0 Å². The van der Waals surface area contributed by atoms with Crippen LogP contribution in [0.3, 0.4) is 0 Å². The maximum atomic E-state index is 11.0. The molecule has 1 heterocycles. The van der Waals surface area contributed by atoms with Crippen molar-refractivity contribution in [2.45, 2.75) is 32.4 Å². The maximum Gasteiger partial charge on any atom is 0.231 e. The molecule has 6 nitrogen and oxygen atoms in total. The van der Waals surface area contributed by atoms with Crippen LogP contribution < -0.4 is 16.4 Å². The van der Waals surface area contributed by atoms with E-state index in [2.05, 4.69) is 64.9 Å². The van der Waals surface area contributed by atoms with Gasteiger partial charge < -0.3 is 16.4 Å². The Kier molecular flexibility index (Phi) is 6.65. The van der Waals surface area contributed by atoms with Gasteiger partial charge in [0, 0.05) is 25.7 Å².